The van der Waals surface area contributed by atoms with E-state index in [4.69, 9.17) is 4.74 Å². The van der Waals surface area contributed by atoms with Crippen molar-refractivity contribution in [3.05, 3.63) is 35.1 Å². The lowest BCUT2D eigenvalue weighted by molar-refractivity contribution is -0.124. The maximum atomic E-state index is 14.1. The SMILES string of the molecule is CCc1cccc(C(F)(F)[C@H]2CCCO2)c1F. The summed E-state index contributed by atoms with van der Waals surface area (Å²) in [7, 11) is 0. The molecule has 1 nitrogen and oxygen atoms in total. The van der Waals surface area contributed by atoms with Crippen LogP contribution in [0.15, 0.2) is 18.2 Å². The third kappa shape index (κ3) is 2.18. The van der Waals surface area contributed by atoms with Gasteiger partial charge in [0.2, 0.25) is 0 Å². The second-order valence-corrected chi connectivity index (χ2v) is 4.26. The topological polar surface area (TPSA) is 9.23 Å². The molecule has 0 amide bonds. The lowest BCUT2D eigenvalue weighted by Crippen LogP contribution is -2.31. The molecule has 1 aromatic rings. The first kappa shape index (κ1) is 12.4. The summed E-state index contributed by atoms with van der Waals surface area (Å²) in [5.74, 6) is -4.04. The highest BCUT2D eigenvalue weighted by atomic mass is 19.3. The van der Waals surface area contributed by atoms with Gasteiger partial charge in [-0.1, -0.05) is 19.1 Å². The van der Waals surface area contributed by atoms with Gasteiger partial charge in [-0.05, 0) is 30.9 Å². The van der Waals surface area contributed by atoms with E-state index in [0.29, 0.717) is 25.0 Å². The lowest BCUT2D eigenvalue weighted by atomic mass is 9.97. The summed E-state index contributed by atoms with van der Waals surface area (Å²) in [5.41, 5.74) is -0.219. The van der Waals surface area contributed by atoms with Crippen LogP contribution >= 0.6 is 0 Å². The molecule has 2 rings (SSSR count). The number of alkyl halides is 2. The Kier molecular flexibility index (Phi) is 3.43. The van der Waals surface area contributed by atoms with E-state index in [2.05, 4.69) is 0 Å². The molecule has 0 aromatic heterocycles. The van der Waals surface area contributed by atoms with Gasteiger partial charge < -0.3 is 4.74 Å². The molecule has 0 bridgehead atoms. The molecule has 0 radical (unpaired) electrons. The molecule has 0 spiro atoms. The summed E-state index contributed by atoms with van der Waals surface area (Å²) in [6, 6.07) is 4.15. The van der Waals surface area contributed by atoms with Gasteiger partial charge in [-0.25, -0.2) is 4.39 Å². The van der Waals surface area contributed by atoms with E-state index in [0.717, 1.165) is 6.07 Å². The predicted molar refractivity (Wildman–Crippen MR) is 58.6 cm³/mol. The van der Waals surface area contributed by atoms with Crippen LogP contribution in [0.3, 0.4) is 0 Å². The van der Waals surface area contributed by atoms with E-state index < -0.39 is 23.4 Å². The number of hydrogen-bond acceptors (Lipinski definition) is 1. The Balaban J connectivity index is 2.38. The zero-order chi connectivity index (χ0) is 12.5. The third-order valence-electron chi connectivity index (χ3n) is 3.15. The van der Waals surface area contributed by atoms with Gasteiger partial charge in [-0.2, -0.15) is 8.78 Å². The first-order valence-corrected chi connectivity index (χ1v) is 5.84. The van der Waals surface area contributed by atoms with Gasteiger partial charge in [0.15, 0.2) is 0 Å². The molecular weight excluding hydrogens is 229 g/mol. The Morgan fingerprint density at radius 3 is 2.76 bits per heavy atom. The van der Waals surface area contributed by atoms with Gasteiger partial charge >= 0.3 is 5.92 Å². The smallest absolute Gasteiger partial charge is 0.301 e. The molecule has 0 aliphatic carbocycles. The first-order chi connectivity index (χ1) is 8.07. The van der Waals surface area contributed by atoms with Gasteiger partial charge in [-0.3, -0.25) is 0 Å². The van der Waals surface area contributed by atoms with Crippen LogP contribution in [-0.2, 0) is 17.1 Å². The summed E-state index contributed by atoms with van der Waals surface area (Å²) in [4.78, 5) is 0. The lowest BCUT2D eigenvalue weighted by Gasteiger charge is -2.23. The van der Waals surface area contributed by atoms with Crippen LogP contribution in [0.1, 0.15) is 30.9 Å². The quantitative estimate of drug-likeness (QED) is 0.788. The van der Waals surface area contributed by atoms with E-state index in [9.17, 15) is 13.2 Å². The minimum Gasteiger partial charge on any atom is -0.372 e. The van der Waals surface area contributed by atoms with E-state index >= 15 is 0 Å². The molecule has 94 valence electrons. The van der Waals surface area contributed by atoms with Crippen molar-refractivity contribution in [1.82, 2.24) is 0 Å². The molecule has 0 saturated carbocycles. The minimum absolute atomic E-state index is 0.281. The first-order valence-electron chi connectivity index (χ1n) is 5.84. The standard InChI is InChI=1S/C13H15F3O/c1-2-9-5-3-6-10(12(9)14)13(15,16)11-7-4-8-17-11/h3,5-6,11H,2,4,7-8H2,1H3/t11-/m1/s1. The van der Waals surface area contributed by atoms with Crippen molar-refractivity contribution in [2.24, 2.45) is 0 Å². The number of aryl methyl sites for hydroxylation is 1. The molecule has 1 saturated heterocycles. The number of rotatable bonds is 3. The van der Waals surface area contributed by atoms with Crippen LogP contribution in [0.25, 0.3) is 0 Å². The molecular formula is C13H15F3O. The van der Waals surface area contributed by atoms with Crippen LogP contribution < -0.4 is 0 Å². The molecule has 1 aliphatic heterocycles. The normalized spacial score (nSPS) is 20.8. The fourth-order valence-corrected chi connectivity index (χ4v) is 2.15. The van der Waals surface area contributed by atoms with Crippen molar-refractivity contribution < 1.29 is 17.9 Å². The van der Waals surface area contributed by atoms with Gasteiger partial charge in [0, 0.05) is 6.61 Å². The largest absolute Gasteiger partial charge is 0.372 e. The van der Waals surface area contributed by atoms with Gasteiger partial charge in [0.25, 0.3) is 0 Å². The second kappa shape index (κ2) is 4.69. The number of hydrogen-bond donors (Lipinski definition) is 0. The molecule has 1 fully saturated rings. The highest BCUT2D eigenvalue weighted by Gasteiger charge is 2.45. The Bertz CT molecular complexity index is 398. The molecule has 1 aliphatic rings. The zero-order valence-corrected chi connectivity index (χ0v) is 9.68. The highest BCUT2D eigenvalue weighted by molar-refractivity contribution is 5.30. The van der Waals surface area contributed by atoms with Gasteiger partial charge in [-0.15, -0.1) is 0 Å². The summed E-state index contributed by atoms with van der Waals surface area (Å²) < 4.78 is 47.0. The van der Waals surface area contributed by atoms with Gasteiger partial charge in [0.1, 0.15) is 11.9 Å². The van der Waals surface area contributed by atoms with E-state index in [1.165, 1.54) is 12.1 Å². The van der Waals surface area contributed by atoms with E-state index in [1.807, 2.05) is 0 Å². The Morgan fingerprint density at radius 2 is 2.18 bits per heavy atom. The monoisotopic (exact) mass is 244 g/mol. The fraction of sp³-hybridized carbons (Fsp3) is 0.538. The zero-order valence-electron chi connectivity index (χ0n) is 9.68. The van der Waals surface area contributed by atoms with Crippen LogP contribution in [-0.4, -0.2) is 12.7 Å². The summed E-state index contributed by atoms with van der Waals surface area (Å²) in [5, 5.41) is 0. The van der Waals surface area contributed by atoms with E-state index in [-0.39, 0.29) is 6.42 Å². The molecule has 17 heavy (non-hydrogen) atoms. The molecule has 0 unspecified atom stereocenters. The van der Waals surface area contributed by atoms with Crippen molar-refractivity contribution in [3.8, 4) is 0 Å². The van der Waals surface area contributed by atoms with Crippen LogP contribution in [0.5, 0.6) is 0 Å². The van der Waals surface area contributed by atoms with Crippen molar-refractivity contribution in [3.63, 3.8) is 0 Å². The third-order valence-corrected chi connectivity index (χ3v) is 3.15. The van der Waals surface area contributed by atoms with Crippen LogP contribution in [0.2, 0.25) is 0 Å². The number of benzene rings is 1. The van der Waals surface area contributed by atoms with Crippen molar-refractivity contribution in [2.75, 3.05) is 6.61 Å². The maximum absolute atomic E-state index is 14.1. The molecule has 0 N–H and O–H groups in total. The average Bonchev–Trinajstić information content (AvgIpc) is 2.83. The highest BCUT2D eigenvalue weighted by Crippen LogP contribution is 2.39. The minimum atomic E-state index is -3.24. The van der Waals surface area contributed by atoms with Crippen LogP contribution in [0.4, 0.5) is 13.2 Å². The molecule has 1 atom stereocenters. The summed E-state index contributed by atoms with van der Waals surface area (Å²) >= 11 is 0. The number of ether oxygens (including phenoxy) is 1. The van der Waals surface area contributed by atoms with Crippen molar-refractivity contribution in [2.45, 2.75) is 38.2 Å². The maximum Gasteiger partial charge on any atom is 0.301 e. The summed E-state index contributed by atoms with van der Waals surface area (Å²) in [6.45, 7) is 2.07. The van der Waals surface area contributed by atoms with Gasteiger partial charge in [0.05, 0.1) is 5.56 Å². The van der Waals surface area contributed by atoms with Crippen molar-refractivity contribution in [1.29, 1.82) is 0 Å². The fourth-order valence-electron chi connectivity index (χ4n) is 2.15. The molecule has 1 aromatic carbocycles. The Morgan fingerprint density at radius 1 is 1.41 bits per heavy atom. The van der Waals surface area contributed by atoms with Crippen LogP contribution in [0, 0.1) is 5.82 Å². The second-order valence-electron chi connectivity index (χ2n) is 4.26. The predicted octanol–water partition coefficient (Wildman–Crippen LogP) is 3.66. The van der Waals surface area contributed by atoms with E-state index in [1.54, 1.807) is 6.92 Å². The Hall–Kier alpha value is -1.03. The average molecular weight is 244 g/mol. The number of halogens is 3. The molecule has 4 heteroatoms. The molecule has 1 heterocycles. The summed E-state index contributed by atoms with van der Waals surface area (Å²) in [6.07, 6.45) is 0.100. The Labute approximate surface area is 98.6 Å². The van der Waals surface area contributed by atoms with Crippen molar-refractivity contribution >= 4 is 0 Å².